The summed E-state index contributed by atoms with van der Waals surface area (Å²) < 4.78 is 27.8. The lowest BCUT2D eigenvalue weighted by atomic mass is 10.00. The number of nitrogens with zero attached hydrogens (tertiary/aromatic N) is 6. The molecule has 0 saturated carbocycles. The summed E-state index contributed by atoms with van der Waals surface area (Å²) in [6.07, 6.45) is 0.516. The second kappa shape index (κ2) is 13.9. The Labute approximate surface area is 287 Å². The molecule has 9 nitrogen and oxygen atoms in total. The SMILES string of the molecule is Cc1nc2cnc(-c3cccc(CN(C)CC(F)F)c3)c(C#N)c2c(=O)n1CC#Cc1ccc(Cl)cc1-c1ccnc2c(C(=O)O)csc12. The van der Waals surface area contributed by atoms with Crippen LogP contribution in [-0.2, 0) is 13.1 Å². The van der Waals surface area contributed by atoms with E-state index < -0.39 is 18.0 Å². The van der Waals surface area contributed by atoms with Crippen LogP contribution in [-0.4, -0.2) is 55.5 Å². The molecule has 2 aromatic carbocycles. The Balaban J connectivity index is 1.38. The molecule has 244 valence electrons. The zero-order valence-corrected chi connectivity index (χ0v) is 27.6. The molecule has 0 saturated heterocycles. The highest BCUT2D eigenvalue weighted by Gasteiger charge is 2.19. The molecule has 49 heavy (non-hydrogen) atoms. The second-order valence-electron chi connectivity index (χ2n) is 11.2. The van der Waals surface area contributed by atoms with E-state index in [1.54, 1.807) is 67.9 Å². The van der Waals surface area contributed by atoms with Gasteiger partial charge in [-0.3, -0.25) is 24.2 Å². The molecule has 0 amide bonds. The normalized spacial score (nSPS) is 11.2. The fourth-order valence-electron chi connectivity index (χ4n) is 5.62. The van der Waals surface area contributed by atoms with Crippen LogP contribution in [0.15, 0.2) is 71.1 Å². The second-order valence-corrected chi connectivity index (χ2v) is 12.5. The molecule has 6 rings (SSSR count). The fourth-order valence-corrected chi connectivity index (χ4v) is 6.82. The third-order valence-corrected chi connectivity index (χ3v) is 9.06. The van der Waals surface area contributed by atoms with E-state index in [2.05, 4.69) is 32.9 Å². The number of halogens is 3. The predicted molar refractivity (Wildman–Crippen MR) is 185 cm³/mol. The largest absolute Gasteiger partial charge is 0.478 e. The lowest BCUT2D eigenvalue weighted by Gasteiger charge is -2.16. The molecule has 0 fully saturated rings. The predicted octanol–water partition coefficient (Wildman–Crippen LogP) is 7.02. The number of thiophene rings is 1. The summed E-state index contributed by atoms with van der Waals surface area (Å²) in [7, 11) is 1.60. The fraction of sp³-hybridized carbons (Fsp3) is 0.167. The topological polar surface area (TPSA) is 125 Å². The number of carboxylic acid groups (broad SMARTS) is 1. The van der Waals surface area contributed by atoms with Crippen LogP contribution in [0.25, 0.3) is 43.5 Å². The maximum atomic E-state index is 13.9. The van der Waals surface area contributed by atoms with Gasteiger partial charge in [0.25, 0.3) is 12.0 Å². The Hall–Kier alpha value is -5.53. The summed E-state index contributed by atoms with van der Waals surface area (Å²) in [6, 6.07) is 16.2. The standard InChI is InChI=1S/C36H25ClF2N6O3S/c1-20-43-29-16-42-32(23-6-3-5-21(13-23)17-44(2)18-30(38)39)27(15-40)31(29)35(46)45(20)12-4-7-22-8-9-24(37)14-26(22)25-10-11-41-33-28(36(47)48)19-49-34(25)33/h3,5-6,8-11,13-14,16,19,30H,12,17-18H2,1-2H3,(H,47,48). The number of pyridine rings is 2. The van der Waals surface area contributed by atoms with E-state index in [1.807, 2.05) is 0 Å². The first-order valence-electron chi connectivity index (χ1n) is 14.8. The number of aryl methyl sites for hydroxylation is 1. The van der Waals surface area contributed by atoms with Crippen molar-refractivity contribution >= 4 is 50.0 Å². The lowest BCUT2D eigenvalue weighted by molar-refractivity contribution is 0.0699. The van der Waals surface area contributed by atoms with Crippen LogP contribution in [0.2, 0.25) is 5.02 Å². The number of nitriles is 1. The van der Waals surface area contributed by atoms with Crippen molar-refractivity contribution in [2.24, 2.45) is 0 Å². The third kappa shape index (κ3) is 6.76. The molecule has 0 bridgehead atoms. The lowest BCUT2D eigenvalue weighted by Crippen LogP contribution is -2.24. The first kappa shape index (κ1) is 33.4. The molecule has 0 aliphatic carbocycles. The van der Waals surface area contributed by atoms with E-state index >= 15 is 0 Å². The van der Waals surface area contributed by atoms with Crippen LogP contribution < -0.4 is 5.56 Å². The summed E-state index contributed by atoms with van der Waals surface area (Å²) in [5.74, 6) is 5.49. The molecule has 4 aromatic heterocycles. The number of carbonyl (C=O) groups is 1. The van der Waals surface area contributed by atoms with Gasteiger partial charge in [0.15, 0.2) is 0 Å². The summed E-state index contributed by atoms with van der Waals surface area (Å²) in [5, 5.41) is 21.9. The first-order chi connectivity index (χ1) is 23.5. The van der Waals surface area contributed by atoms with Crippen molar-refractivity contribution in [3.8, 4) is 40.3 Å². The van der Waals surface area contributed by atoms with Crippen molar-refractivity contribution in [2.45, 2.75) is 26.4 Å². The summed E-state index contributed by atoms with van der Waals surface area (Å²) >= 11 is 7.63. The molecule has 0 atom stereocenters. The van der Waals surface area contributed by atoms with E-state index in [0.29, 0.717) is 37.8 Å². The van der Waals surface area contributed by atoms with Crippen LogP contribution in [0.5, 0.6) is 0 Å². The van der Waals surface area contributed by atoms with E-state index in [0.717, 1.165) is 11.1 Å². The average Bonchev–Trinajstić information content (AvgIpc) is 3.51. The summed E-state index contributed by atoms with van der Waals surface area (Å²) in [4.78, 5) is 40.4. The van der Waals surface area contributed by atoms with Gasteiger partial charge in [0.05, 0.1) is 57.2 Å². The quantitative estimate of drug-likeness (QED) is 0.169. The van der Waals surface area contributed by atoms with Crippen LogP contribution in [0, 0.1) is 30.1 Å². The average molecular weight is 695 g/mol. The molecule has 4 heterocycles. The molecule has 0 aliphatic heterocycles. The van der Waals surface area contributed by atoms with Crippen molar-refractivity contribution < 1.29 is 18.7 Å². The molecular formula is C36H25ClF2N6O3S. The molecule has 0 radical (unpaired) electrons. The Kier molecular flexibility index (Phi) is 9.47. The highest BCUT2D eigenvalue weighted by molar-refractivity contribution is 7.18. The molecule has 6 aromatic rings. The van der Waals surface area contributed by atoms with E-state index in [1.165, 1.54) is 33.2 Å². The number of fused-ring (bicyclic) bond motifs is 2. The minimum Gasteiger partial charge on any atom is -0.478 e. The van der Waals surface area contributed by atoms with Crippen molar-refractivity contribution in [2.75, 3.05) is 13.6 Å². The maximum absolute atomic E-state index is 13.9. The molecule has 0 aliphatic rings. The number of rotatable bonds is 8. The number of aromatic nitrogens is 4. The minimum atomic E-state index is -2.47. The number of alkyl halides is 2. The molecule has 0 unspecified atom stereocenters. The minimum absolute atomic E-state index is 0.0436. The van der Waals surface area contributed by atoms with Gasteiger partial charge in [0.1, 0.15) is 11.9 Å². The van der Waals surface area contributed by atoms with Crippen LogP contribution in [0.1, 0.15) is 32.9 Å². The first-order valence-corrected chi connectivity index (χ1v) is 16.1. The monoisotopic (exact) mass is 694 g/mol. The number of aromatic carboxylic acids is 1. The highest BCUT2D eigenvalue weighted by atomic mass is 35.5. The zero-order chi connectivity index (χ0) is 34.8. The Morgan fingerprint density at radius 2 is 1.98 bits per heavy atom. The molecule has 1 N–H and O–H groups in total. The van der Waals surface area contributed by atoms with Gasteiger partial charge < -0.3 is 5.11 Å². The highest BCUT2D eigenvalue weighted by Crippen LogP contribution is 2.36. The Morgan fingerprint density at radius 1 is 1.16 bits per heavy atom. The summed E-state index contributed by atoms with van der Waals surface area (Å²) in [5.41, 5.74) is 3.92. The van der Waals surface area contributed by atoms with E-state index in [-0.39, 0.29) is 47.4 Å². The molecule has 0 spiro atoms. The van der Waals surface area contributed by atoms with Gasteiger partial charge in [-0.2, -0.15) is 5.26 Å². The van der Waals surface area contributed by atoms with Gasteiger partial charge in [0, 0.05) is 45.4 Å². The number of benzene rings is 2. The Bertz CT molecular complexity index is 2440. The van der Waals surface area contributed by atoms with Gasteiger partial charge >= 0.3 is 5.97 Å². The summed E-state index contributed by atoms with van der Waals surface area (Å²) in [6.45, 7) is 1.50. The van der Waals surface area contributed by atoms with E-state index in [9.17, 15) is 28.7 Å². The smallest absolute Gasteiger partial charge is 0.338 e. The van der Waals surface area contributed by atoms with Gasteiger partial charge in [-0.05, 0) is 49.9 Å². The maximum Gasteiger partial charge on any atom is 0.338 e. The van der Waals surface area contributed by atoms with Gasteiger partial charge in [-0.25, -0.2) is 18.6 Å². The zero-order valence-electron chi connectivity index (χ0n) is 26.0. The van der Waals surface area contributed by atoms with Crippen molar-refractivity contribution in [3.05, 3.63) is 110 Å². The van der Waals surface area contributed by atoms with Crippen molar-refractivity contribution in [1.29, 1.82) is 5.26 Å². The molecular weight excluding hydrogens is 670 g/mol. The van der Waals surface area contributed by atoms with Crippen molar-refractivity contribution in [1.82, 2.24) is 24.4 Å². The van der Waals surface area contributed by atoms with Gasteiger partial charge in [-0.15, -0.1) is 11.3 Å². The van der Waals surface area contributed by atoms with Gasteiger partial charge in [0.2, 0.25) is 0 Å². The number of hydrogen-bond acceptors (Lipinski definition) is 8. The van der Waals surface area contributed by atoms with Crippen molar-refractivity contribution in [3.63, 3.8) is 0 Å². The van der Waals surface area contributed by atoms with E-state index in [4.69, 9.17) is 11.6 Å². The van der Waals surface area contributed by atoms with Gasteiger partial charge in [-0.1, -0.05) is 41.6 Å². The Morgan fingerprint density at radius 3 is 2.73 bits per heavy atom. The number of carboxylic acids is 1. The van der Waals surface area contributed by atoms with Crippen LogP contribution in [0.3, 0.4) is 0 Å². The van der Waals surface area contributed by atoms with Crippen LogP contribution >= 0.6 is 22.9 Å². The third-order valence-electron chi connectivity index (χ3n) is 7.82. The number of hydrogen-bond donors (Lipinski definition) is 1. The van der Waals surface area contributed by atoms with Crippen LogP contribution in [0.4, 0.5) is 8.78 Å². The molecule has 13 heteroatoms.